The summed E-state index contributed by atoms with van der Waals surface area (Å²) in [4.78, 5) is 8.58. The first-order valence-corrected chi connectivity index (χ1v) is 8.14. The van der Waals surface area contributed by atoms with E-state index >= 15 is 0 Å². The number of anilines is 1. The fraction of sp³-hybridized carbons (Fsp3) is 0.667. The monoisotopic (exact) mass is 271 g/mol. The molecule has 0 aromatic carbocycles. The van der Waals surface area contributed by atoms with Crippen molar-refractivity contribution in [2.24, 2.45) is 0 Å². The summed E-state index contributed by atoms with van der Waals surface area (Å²) in [5, 5.41) is 2.49. The van der Waals surface area contributed by atoms with Crippen LogP contribution in [0.4, 0.5) is 5.82 Å². The molecule has 1 aromatic heterocycles. The number of hydrogen-bond donors (Lipinski definition) is 1. The predicted octanol–water partition coefficient (Wildman–Crippen LogP) is 1.97. The number of nitrogens with zero attached hydrogens (tertiary/aromatic N) is 2. The van der Waals surface area contributed by atoms with E-state index in [1.165, 1.54) is 6.26 Å². The second-order valence-electron chi connectivity index (χ2n) is 4.35. The molecule has 0 radical (unpaired) electrons. The molecule has 1 heterocycles. The second-order valence-corrected chi connectivity index (χ2v) is 6.72. The average Bonchev–Trinajstić information content (AvgIpc) is 2.33. The smallest absolute Gasteiger partial charge is 0.157 e. The fourth-order valence-corrected chi connectivity index (χ4v) is 1.90. The second kappa shape index (κ2) is 6.13. The van der Waals surface area contributed by atoms with E-state index in [2.05, 4.69) is 22.2 Å². The first-order valence-electron chi connectivity index (χ1n) is 6.19. The van der Waals surface area contributed by atoms with Crippen LogP contribution < -0.4 is 5.32 Å². The molecular formula is C12H21N3O2S. The Kier molecular flexibility index (Phi) is 5.07. The number of sulfone groups is 1. The number of aryl methyl sites for hydroxylation is 1. The van der Waals surface area contributed by atoms with E-state index in [1.54, 1.807) is 6.92 Å². The number of rotatable bonds is 6. The molecule has 0 aliphatic heterocycles. The molecule has 0 spiro atoms. The third-order valence-electron chi connectivity index (χ3n) is 2.72. The van der Waals surface area contributed by atoms with Gasteiger partial charge in [-0.1, -0.05) is 13.8 Å². The Bertz CT molecular complexity index is 500. The Morgan fingerprint density at radius 3 is 2.50 bits per heavy atom. The van der Waals surface area contributed by atoms with Gasteiger partial charge in [0, 0.05) is 24.6 Å². The standard InChI is InChI=1S/C12H21N3O2S/c1-5-7-13-11-8-10(6-2)14-12(15-11)9(3)18(4,16)17/h8-9H,5-7H2,1-4H3,(H,13,14,15). The van der Waals surface area contributed by atoms with Crippen molar-refractivity contribution in [2.45, 2.75) is 38.9 Å². The van der Waals surface area contributed by atoms with Crippen LogP contribution >= 0.6 is 0 Å². The zero-order chi connectivity index (χ0) is 13.8. The number of aromatic nitrogens is 2. The van der Waals surface area contributed by atoms with Gasteiger partial charge in [0.15, 0.2) is 9.84 Å². The van der Waals surface area contributed by atoms with Gasteiger partial charge in [0.2, 0.25) is 0 Å². The van der Waals surface area contributed by atoms with E-state index < -0.39 is 15.1 Å². The van der Waals surface area contributed by atoms with Crippen LogP contribution in [0.15, 0.2) is 6.07 Å². The molecule has 0 aliphatic rings. The molecule has 0 bridgehead atoms. The van der Waals surface area contributed by atoms with Gasteiger partial charge in [-0.05, 0) is 19.8 Å². The highest BCUT2D eigenvalue weighted by molar-refractivity contribution is 7.90. The minimum atomic E-state index is -3.17. The van der Waals surface area contributed by atoms with Gasteiger partial charge in [-0.15, -0.1) is 0 Å². The lowest BCUT2D eigenvalue weighted by atomic mass is 10.3. The van der Waals surface area contributed by atoms with Crippen LogP contribution in [0.5, 0.6) is 0 Å². The molecule has 0 aliphatic carbocycles. The third kappa shape index (κ3) is 3.94. The Labute approximate surface area is 109 Å². The van der Waals surface area contributed by atoms with Crippen molar-refractivity contribution in [3.8, 4) is 0 Å². The first kappa shape index (κ1) is 14.9. The SMILES string of the molecule is CCCNc1cc(CC)nc(C(C)S(C)(=O)=O)n1. The molecule has 0 amide bonds. The maximum atomic E-state index is 11.6. The lowest BCUT2D eigenvalue weighted by Gasteiger charge is -2.12. The fourth-order valence-electron chi connectivity index (χ4n) is 1.42. The van der Waals surface area contributed by atoms with Crippen LogP contribution in [0.25, 0.3) is 0 Å². The largest absolute Gasteiger partial charge is 0.370 e. The third-order valence-corrected chi connectivity index (χ3v) is 4.22. The van der Waals surface area contributed by atoms with Gasteiger partial charge in [0.25, 0.3) is 0 Å². The Hall–Kier alpha value is -1.17. The molecule has 102 valence electrons. The van der Waals surface area contributed by atoms with E-state index in [9.17, 15) is 8.42 Å². The summed E-state index contributed by atoms with van der Waals surface area (Å²) >= 11 is 0. The van der Waals surface area contributed by atoms with Crippen molar-refractivity contribution in [3.63, 3.8) is 0 Å². The van der Waals surface area contributed by atoms with Crippen molar-refractivity contribution in [2.75, 3.05) is 18.1 Å². The van der Waals surface area contributed by atoms with E-state index in [-0.39, 0.29) is 0 Å². The topological polar surface area (TPSA) is 72.0 Å². The molecule has 1 unspecified atom stereocenters. The van der Waals surface area contributed by atoms with Gasteiger partial charge in [-0.3, -0.25) is 0 Å². The lowest BCUT2D eigenvalue weighted by molar-refractivity contribution is 0.589. The van der Waals surface area contributed by atoms with Gasteiger partial charge >= 0.3 is 0 Å². The molecule has 18 heavy (non-hydrogen) atoms. The maximum absolute atomic E-state index is 11.6. The molecule has 1 atom stereocenters. The van der Waals surface area contributed by atoms with Crippen LogP contribution in [0.3, 0.4) is 0 Å². The first-order chi connectivity index (χ1) is 8.38. The van der Waals surface area contributed by atoms with Gasteiger partial charge in [-0.2, -0.15) is 0 Å². The average molecular weight is 271 g/mol. The van der Waals surface area contributed by atoms with Gasteiger partial charge < -0.3 is 5.32 Å². The van der Waals surface area contributed by atoms with E-state index in [0.717, 1.165) is 25.1 Å². The van der Waals surface area contributed by atoms with Crippen LogP contribution in [0, 0.1) is 0 Å². The molecule has 0 fully saturated rings. The highest BCUT2D eigenvalue weighted by Crippen LogP contribution is 2.19. The van der Waals surface area contributed by atoms with Crippen molar-refractivity contribution in [1.29, 1.82) is 0 Å². The van der Waals surface area contributed by atoms with Crippen LogP contribution in [-0.4, -0.2) is 31.2 Å². The van der Waals surface area contributed by atoms with E-state index in [0.29, 0.717) is 11.6 Å². The summed E-state index contributed by atoms with van der Waals surface area (Å²) in [6, 6.07) is 1.87. The number of nitrogens with one attached hydrogen (secondary N) is 1. The quantitative estimate of drug-likeness (QED) is 0.856. The summed E-state index contributed by atoms with van der Waals surface area (Å²) in [7, 11) is -3.17. The number of hydrogen-bond acceptors (Lipinski definition) is 5. The Morgan fingerprint density at radius 1 is 1.33 bits per heavy atom. The summed E-state index contributed by atoms with van der Waals surface area (Å²) in [6.07, 6.45) is 2.95. The van der Waals surface area contributed by atoms with Crippen LogP contribution in [-0.2, 0) is 16.3 Å². The molecule has 5 nitrogen and oxygen atoms in total. The van der Waals surface area contributed by atoms with Crippen LogP contribution in [0.2, 0.25) is 0 Å². The van der Waals surface area contributed by atoms with Gasteiger partial charge in [-0.25, -0.2) is 18.4 Å². The lowest BCUT2D eigenvalue weighted by Crippen LogP contribution is -2.14. The molecule has 1 aromatic rings. The highest BCUT2D eigenvalue weighted by atomic mass is 32.2. The molecule has 6 heteroatoms. The minimum absolute atomic E-state index is 0.371. The normalized spacial score (nSPS) is 13.3. The summed E-state index contributed by atoms with van der Waals surface area (Å²) in [6.45, 7) is 6.48. The van der Waals surface area contributed by atoms with Crippen LogP contribution in [0.1, 0.15) is 44.0 Å². The highest BCUT2D eigenvalue weighted by Gasteiger charge is 2.21. The van der Waals surface area contributed by atoms with Crippen molar-refractivity contribution < 1.29 is 8.42 Å². The van der Waals surface area contributed by atoms with Gasteiger partial charge in [0.1, 0.15) is 16.9 Å². The van der Waals surface area contributed by atoms with Crippen molar-refractivity contribution in [3.05, 3.63) is 17.6 Å². The minimum Gasteiger partial charge on any atom is -0.370 e. The van der Waals surface area contributed by atoms with E-state index in [1.807, 2.05) is 13.0 Å². The Morgan fingerprint density at radius 2 is 2.00 bits per heavy atom. The predicted molar refractivity (Wildman–Crippen MR) is 73.4 cm³/mol. The van der Waals surface area contributed by atoms with E-state index in [4.69, 9.17) is 0 Å². The molecule has 0 saturated heterocycles. The summed E-state index contributed by atoms with van der Waals surface area (Å²) in [5.74, 6) is 1.07. The summed E-state index contributed by atoms with van der Waals surface area (Å²) < 4.78 is 23.1. The zero-order valence-electron chi connectivity index (χ0n) is 11.4. The molecule has 0 saturated carbocycles. The molecular weight excluding hydrogens is 250 g/mol. The summed E-state index contributed by atoms with van der Waals surface area (Å²) in [5.41, 5.74) is 0.856. The van der Waals surface area contributed by atoms with Crippen molar-refractivity contribution in [1.82, 2.24) is 9.97 Å². The zero-order valence-corrected chi connectivity index (χ0v) is 12.2. The maximum Gasteiger partial charge on any atom is 0.157 e. The van der Waals surface area contributed by atoms with Crippen molar-refractivity contribution >= 4 is 15.7 Å². The Balaban J connectivity index is 3.11. The van der Waals surface area contributed by atoms with Gasteiger partial charge in [0.05, 0.1) is 0 Å². The molecule has 1 N–H and O–H groups in total. The molecule has 1 rings (SSSR count).